The zero-order chi connectivity index (χ0) is 16.7. The van der Waals surface area contributed by atoms with Crippen molar-refractivity contribution in [1.82, 2.24) is 0 Å². The average molecular weight is 353 g/mol. The smallest absolute Gasteiger partial charge is 0.200 e. The van der Waals surface area contributed by atoms with Crippen LogP contribution in [0.3, 0.4) is 0 Å². The van der Waals surface area contributed by atoms with E-state index >= 15 is 0 Å². The van der Waals surface area contributed by atoms with Crippen molar-refractivity contribution in [3.05, 3.63) is 41.1 Å². The second-order valence-corrected chi connectivity index (χ2v) is 10.0. The maximum Gasteiger partial charge on any atom is 0.200 e. The molecule has 5 heteroatoms. The minimum Gasteiger partial charge on any atom is -0.392 e. The fourth-order valence-corrected chi connectivity index (χ4v) is 7.07. The SMILES string of the molecule is CC1(C)[C@@H]2CC[C@@]1(CS/C=C\S(=O)(=O)c1ccccc1)[C@H](O)C2. The minimum atomic E-state index is -3.38. The first-order chi connectivity index (χ1) is 10.8. The number of benzene rings is 1. The van der Waals surface area contributed by atoms with Crippen molar-refractivity contribution < 1.29 is 13.5 Å². The van der Waals surface area contributed by atoms with Crippen LogP contribution in [0, 0.1) is 16.7 Å². The number of rotatable bonds is 5. The Balaban J connectivity index is 1.68. The Bertz CT molecular complexity index is 694. The van der Waals surface area contributed by atoms with Crippen LogP contribution in [0.4, 0.5) is 0 Å². The van der Waals surface area contributed by atoms with Crippen molar-refractivity contribution in [2.45, 2.75) is 44.1 Å². The molecular formula is C18H24O3S2. The molecule has 3 rings (SSSR count). The summed E-state index contributed by atoms with van der Waals surface area (Å²) in [5, 5.41) is 13.4. The molecule has 2 bridgehead atoms. The molecule has 2 aliphatic rings. The third-order valence-corrected chi connectivity index (χ3v) is 8.74. The summed E-state index contributed by atoms with van der Waals surface area (Å²) in [7, 11) is -3.38. The van der Waals surface area contributed by atoms with Crippen LogP contribution >= 0.6 is 11.8 Å². The largest absolute Gasteiger partial charge is 0.392 e. The molecule has 0 radical (unpaired) electrons. The van der Waals surface area contributed by atoms with Crippen molar-refractivity contribution in [3.63, 3.8) is 0 Å². The fourth-order valence-electron chi connectivity index (χ4n) is 4.38. The molecule has 2 fully saturated rings. The topological polar surface area (TPSA) is 54.4 Å². The van der Waals surface area contributed by atoms with Crippen LogP contribution in [0.15, 0.2) is 46.0 Å². The summed E-state index contributed by atoms with van der Waals surface area (Å²) >= 11 is 1.51. The van der Waals surface area contributed by atoms with Gasteiger partial charge in [-0.15, -0.1) is 11.8 Å². The van der Waals surface area contributed by atoms with Crippen LogP contribution in [0.2, 0.25) is 0 Å². The third-order valence-electron chi connectivity index (χ3n) is 6.13. The Labute approximate surface area is 143 Å². The zero-order valence-electron chi connectivity index (χ0n) is 13.6. The highest BCUT2D eigenvalue weighted by atomic mass is 32.2. The summed E-state index contributed by atoms with van der Waals surface area (Å²) in [6.07, 6.45) is 2.84. The van der Waals surface area contributed by atoms with E-state index in [0.717, 1.165) is 18.6 Å². The molecular weight excluding hydrogens is 328 g/mol. The molecule has 0 spiro atoms. The molecule has 0 aliphatic heterocycles. The van der Waals surface area contributed by atoms with Crippen LogP contribution in [-0.4, -0.2) is 25.4 Å². The number of thioether (sulfide) groups is 1. The van der Waals surface area contributed by atoms with E-state index in [9.17, 15) is 13.5 Å². The van der Waals surface area contributed by atoms with Crippen LogP contribution in [0.25, 0.3) is 0 Å². The van der Waals surface area contributed by atoms with E-state index in [1.807, 2.05) is 0 Å². The molecule has 2 saturated carbocycles. The highest BCUT2D eigenvalue weighted by Crippen LogP contribution is 2.66. The van der Waals surface area contributed by atoms with Crippen molar-refractivity contribution in [1.29, 1.82) is 0 Å². The first-order valence-corrected chi connectivity index (χ1v) is 10.7. The number of aliphatic hydroxyl groups excluding tert-OH is 1. The van der Waals surface area contributed by atoms with Crippen LogP contribution in [-0.2, 0) is 9.84 Å². The van der Waals surface area contributed by atoms with E-state index in [2.05, 4.69) is 13.8 Å². The lowest BCUT2D eigenvalue weighted by Gasteiger charge is -2.40. The second kappa shape index (κ2) is 5.94. The van der Waals surface area contributed by atoms with Gasteiger partial charge in [0.1, 0.15) is 0 Å². The van der Waals surface area contributed by atoms with Gasteiger partial charge in [0.25, 0.3) is 0 Å². The highest BCUT2D eigenvalue weighted by Gasteiger charge is 2.63. The molecule has 3 atom stereocenters. The quantitative estimate of drug-likeness (QED) is 0.874. The van der Waals surface area contributed by atoms with Crippen LogP contribution in [0.5, 0.6) is 0 Å². The lowest BCUT2D eigenvalue weighted by atomic mass is 9.70. The molecule has 0 saturated heterocycles. The summed E-state index contributed by atoms with van der Waals surface area (Å²) < 4.78 is 24.5. The zero-order valence-corrected chi connectivity index (χ0v) is 15.2. The summed E-state index contributed by atoms with van der Waals surface area (Å²) in [4.78, 5) is 0.317. The molecule has 0 unspecified atom stereocenters. The molecule has 1 aromatic rings. The number of hydrogen-bond donors (Lipinski definition) is 1. The molecule has 0 amide bonds. The van der Waals surface area contributed by atoms with Crippen molar-refractivity contribution in [2.75, 3.05) is 5.75 Å². The van der Waals surface area contributed by atoms with E-state index < -0.39 is 9.84 Å². The summed E-state index contributed by atoms with van der Waals surface area (Å²) in [5.74, 6) is 1.37. The first-order valence-electron chi connectivity index (χ1n) is 8.06. The molecule has 0 aromatic heterocycles. The van der Waals surface area contributed by atoms with E-state index in [-0.39, 0.29) is 16.9 Å². The average Bonchev–Trinajstić information content (AvgIpc) is 2.87. The molecule has 3 nitrogen and oxygen atoms in total. The predicted octanol–water partition coefficient (Wildman–Crippen LogP) is 3.85. The standard InChI is InChI=1S/C18H24O3S2/c1-17(2)14-8-9-18(17,16(19)12-14)13-22-10-11-23(20,21)15-6-4-3-5-7-15/h3-7,10-11,14,16,19H,8-9,12-13H2,1-2H3/b11-10-/t14-,16-,18-/m1/s1. The van der Waals surface area contributed by atoms with Crippen molar-refractivity contribution in [2.24, 2.45) is 16.7 Å². The van der Waals surface area contributed by atoms with Crippen LogP contribution in [0.1, 0.15) is 33.1 Å². The summed E-state index contributed by atoms with van der Waals surface area (Å²) in [6.45, 7) is 4.51. The monoisotopic (exact) mass is 352 g/mol. The lowest BCUT2D eigenvalue weighted by Crippen LogP contribution is -2.40. The highest BCUT2D eigenvalue weighted by molar-refractivity contribution is 8.03. The van der Waals surface area contributed by atoms with Gasteiger partial charge in [-0.1, -0.05) is 32.0 Å². The molecule has 0 heterocycles. The van der Waals surface area contributed by atoms with Crippen molar-refractivity contribution >= 4 is 21.6 Å². The Hall–Kier alpha value is -0.780. The number of hydrogen-bond acceptors (Lipinski definition) is 4. The maximum atomic E-state index is 12.2. The van der Waals surface area contributed by atoms with Gasteiger partial charge in [0.05, 0.1) is 11.0 Å². The van der Waals surface area contributed by atoms with Crippen molar-refractivity contribution in [3.8, 4) is 0 Å². The first kappa shape index (κ1) is 17.1. The molecule has 23 heavy (non-hydrogen) atoms. The van der Waals surface area contributed by atoms with E-state index in [1.54, 1.807) is 35.7 Å². The predicted molar refractivity (Wildman–Crippen MR) is 94.8 cm³/mol. The van der Waals surface area contributed by atoms with Crippen LogP contribution < -0.4 is 0 Å². The van der Waals surface area contributed by atoms with Gasteiger partial charge >= 0.3 is 0 Å². The van der Waals surface area contributed by atoms with E-state index in [1.165, 1.54) is 23.6 Å². The Morgan fingerprint density at radius 1 is 1.30 bits per heavy atom. The molecule has 2 aliphatic carbocycles. The molecule has 126 valence electrons. The van der Waals surface area contributed by atoms with Gasteiger partial charge in [0.15, 0.2) is 9.84 Å². The second-order valence-electron chi connectivity index (χ2n) is 7.31. The Kier molecular flexibility index (Phi) is 4.40. The van der Waals surface area contributed by atoms with Gasteiger partial charge in [-0.2, -0.15) is 0 Å². The van der Waals surface area contributed by atoms with Gasteiger partial charge in [-0.05, 0) is 48.1 Å². The van der Waals surface area contributed by atoms with Gasteiger partial charge in [0, 0.05) is 16.6 Å². The molecule has 1 aromatic carbocycles. The summed E-state index contributed by atoms with van der Waals surface area (Å²) in [5.41, 5.74) is 0.0503. The Morgan fingerprint density at radius 3 is 2.57 bits per heavy atom. The normalized spacial score (nSPS) is 32.7. The lowest BCUT2D eigenvalue weighted by molar-refractivity contribution is 0.0169. The fraction of sp³-hybridized carbons (Fsp3) is 0.556. The maximum absolute atomic E-state index is 12.2. The van der Waals surface area contributed by atoms with Gasteiger partial charge < -0.3 is 5.11 Å². The minimum absolute atomic E-state index is 0.0802. The van der Waals surface area contributed by atoms with E-state index in [0.29, 0.717) is 10.8 Å². The van der Waals surface area contributed by atoms with Gasteiger partial charge in [-0.3, -0.25) is 0 Å². The number of fused-ring (bicyclic) bond motifs is 2. The number of aliphatic hydroxyl groups is 1. The summed E-state index contributed by atoms with van der Waals surface area (Å²) in [6, 6.07) is 8.46. The van der Waals surface area contributed by atoms with E-state index in [4.69, 9.17) is 0 Å². The Morgan fingerprint density at radius 2 is 2.00 bits per heavy atom. The van der Waals surface area contributed by atoms with Gasteiger partial charge in [-0.25, -0.2) is 8.42 Å². The third kappa shape index (κ3) is 2.77. The van der Waals surface area contributed by atoms with Gasteiger partial charge in [0.2, 0.25) is 0 Å². The molecule has 1 N–H and O–H groups in total. The number of sulfone groups is 1.